The van der Waals surface area contributed by atoms with E-state index in [-0.39, 0.29) is 17.7 Å². The van der Waals surface area contributed by atoms with Crippen LogP contribution in [-0.2, 0) is 6.54 Å². The van der Waals surface area contributed by atoms with E-state index in [1.165, 1.54) is 37.7 Å². The number of aliphatic hydroxyl groups is 1. The smallest absolute Gasteiger partial charge is 0.260 e. The van der Waals surface area contributed by atoms with Crippen LogP contribution in [0.1, 0.15) is 69.4 Å². The third-order valence-corrected chi connectivity index (χ3v) is 7.95. The molecule has 3 aromatic rings. The fourth-order valence-electron chi connectivity index (χ4n) is 5.75. The van der Waals surface area contributed by atoms with Gasteiger partial charge in [-0.25, -0.2) is 4.98 Å². The van der Waals surface area contributed by atoms with Crippen molar-refractivity contribution in [3.8, 4) is 0 Å². The first-order valence-corrected chi connectivity index (χ1v) is 13.1. The first kappa shape index (κ1) is 22.0. The Morgan fingerprint density at radius 2 is 1.76 bits per heavy atom. The average molecular weight is 462 g/mol. The molecule has 2 saturated carbocycles. The highest BCUT2D eigenvalue weighted by atomic mass is 16.3. The quantitative estimate of drug-likeness (QED) is 0.535. The Bertz CT molecular complexity index is 1240. The third kappa shape index (κ3) is 4.43. The Balaban J connectivity index is 1.44. The molecular weight excluding hydrogens is 426 g/mol. The van der Waals surface area contributed by atoms with Gasteiger partial charge in [0.25, 0.3) is 5.56 Å². The molecule has 180 valence electrons. The molecule has 1 saturated heterocycles. The van der Waals surface area contributed by atoms with Gasteiger partial charge in [-0.05, 0) is 87.4 Å². The van der Waals surface area contributed by atoms with Crippen molar-refractivity contribution < 1.29 is 5.11 Å². The van der Waals surface area contributed by atoms with Crippen LogP contribution in [0.2, 0.25) is 0 Å². The average Bonchev–Trinajstić information content (AvgIpc) is 3.69. The maximum absolute atomic E-state index is 14.0. The molecule has 3 fully saturated rings. The minimum absolute atomic E-state index is 0.0382. The molecule has 1 aromatic carbocycles. The largest absolute Gasteiger partial charge is 0.393 e. The number of likely N-dealkylation sites (tertiary alicyclic amines) is 1. The Labute approximate surface area is 200 Å². The fraction of sp³-hybridized carbons (Fsp3) is 0.593. The highest BCUT2D eigenvalue weighted by molar-refractivity contribution is 6.04. The number of nitrogens with zero attached hydrogens (tertiary/aromatic N) is 4. The van der Waals surface area contributed by atoms with E-state index < -0.39 is 0 Å². The van der Waals surface area contributed by atoms with Crippen LogP contribution in [0.5, 0.6) is 0 Å². The number of benzene rings is 1. The topological polar surface area (TPSA) is 83.3 Å². The van der Waals surface area contributed by atoms with Gasteiger partial charge in [-0.3, -0.25) is 14.3 Å². The van der Waals surface area contributed by atoms with Crippen molar-refractivity contribution >= 4 is 27.8 Å². The predicted octanol–water partition coefficient (Wildman–Crippen LogP) is 4.23. The lowest BCUT2D eigenvalue weighted by Crippen LogP contribution is -2.31. The van der Waals surface area contributed by atoms with Crippen LogP contribution in [0.4, 0.5) is 5.95 Å². The number of aliphatic hydroxyl groups excluding tert-OH is 1. The van der Waals surface area contributed by atoms with E-state index in [0.717, 1.165) is 79.6 Å². The number of fused-ring (bicyclic) bond motifs is 3. The minimum atomic E-state index is -0.264. The lowest BCUT2D eigenvalue weighted by Gasteiger charge is -2.28. The summed E-state index contributed by atoms with van der Waals surface area (Å²) < 4.78 is 1.91. The summed E-state index contributed by atoms with van der Waals surface area (Å²) >= 11 is 0. The van der Waals surface area contributed by atoms with Gasteiger partial charge < -0.3 is 10.4 Å². The fourth-order valence-corrected chi connectivity index (χ4v) is 5.75. The van der Waals surface area contributed by atoms with Crippen LogP contribution < -0.4 is 10.9 Å². The first-order chi connectivity index (χ1) is 16.7. The van der Waals surface area contributed by atoms with Crippen LogP contribution in [0.25, 0.3) is 21.8 Å². The molecule has 6 rings (SSSR count). The Hall–Kier alpha value is -2.51. The number of hydrogen-bond acceptors (Lipinski definition) is 6. The van der Waals surface area contributed by atoms with Crippen LogP contribution in [-0.4, -0.2) is 50.3 Å². The normalized spacial score (nSPS) is 24.0. The number of pyridine rings is 1. The Kier molecular flexibility index (Phi) is 5.99. The zero-order valence-electron chi connectivity index (χ0n) is 19.9. The highest BCUT2D eigenvalue weighted by Gasteiger charge is 2.26. The van der Waals surface area contributed by atoms with Gasteiger partial charge in [0.15, 0.2) is 0 Å². The summed E-state index contributed by atoms with van der Waals surface area (Å²) in [5.41, 5.74) is 1.95. The minimum Gasteiger partial charge on any atom is -0.393 e. The van der Waals surface area contributed by atoms with E-state index >= 15 is 0 Å². The molecular formula is C27H35N5O2. The van der Waals surface area contributed by atoms with Crippen molar-refractivity contribution in [2.24, 2.45) is 5.92 Å². The van der Waals surface area contributed by atoms with Crippen LogP contribution in [0.15, 0.2) is 29.2 Å². The molecule has 34 heavy (non-hydrogen) atoms. The van der Waals surface area contributed by atoms with Crippen molar-refractivity contribution in [2.45, 2.75) is 76.5 Å². The Morgan fingerprint density at radius 3 is 2.53 bits per heavy atom. The van der Waals surface area contributed by atoms with Gasteiger partial charge in [-0.15, -0.1) is 0 Å². The number of hydrogen-bond donors (Lipinski definition) is 2. The molecule has 3 heterocycles. The van der Waals surface area contributed by atoms with Gasteiger partial charge in [-0.2, -0.15) is 4.98 Å². The van der Waals surface area contributed by atoms with Crippen molar-refractivity contribution in [1.29, 1.82) is 0 Å². The van der Waals surface area contributed by atoms with Crippen LogP contribution >= 0.6 is 0 Å². The van der Waals surface area contributed by atoms with Gasteiger partial charge in [0.1, 0.15) is 5.65 Å². The van der Waals surface area contributed by atoms with Gasteiger partial charge in [0.2, 0.25) is 5.95 Å². The molecule has 1 aliphatic heterocycles. The van der Waals surface area contributed by atoms with E-state index in [9.17, 15) is 9.90 Å². The van der Waals surface area contributed by atoms with Gasteiger partial charge in [0, 0.05) is 36.1 Å². The molecule has 0 bridgehead atoms. The molecule has 7 nitrogen and oxygen atoms in total. The predicted molar refractivity (Wildman–Crippen MR) is 135 cm³/mol. The van der Waals surface area contributed by atoms with Crippen LogP contribution in [0.3, 0.4) is 0 Å². The van der Waals surface area contributed by atoms with E-state index in [2.05, 4.69) is 33.4 Å². The lowest BCUT2D eigenvalue weighted by molar-refractivity contribution is 0.111. The second-order valence-electron chi connectivity index (χ2n) is 10.6. The van der Waals surface area contributed by atoms with Crippen molar-refractivity contribution in [1.82, 2.24) is 19.4 Å². The summed E-state index contributed by atoms with van der Waals surface area (Å²) in [6.45, 7) is 4.05. The second-order valence-corrected chi connectivity index (χ2v) is 10.6. The van der Waals surface area contributed by atoms with Crippen LogP contribution in [0, 0.1) is 5.92 Å². The van der Waals surface area contributed by atoms with Crippen molar-refractivity contribution in [2.75, 3.05) is 25.0 Å². The zero-order valence-corrected chi connectivity index (χ0v) is 19.9. The third-order valence-electron chi connectivity index (χ3n) is 7.95. The molecule has 7 heteroatoms. The van der Waals surface area contributed by atoms with E-state index in [0.29, 0.717) is 5.95 Å². The summed E-state index contributed by atoms with van der Waals surface area (Å²) in [6, 6.07) is 6.41. The van der Waals surface area contributed by atoms with E-state index in [1.54, 1.807) is 0 Å². The first-order valence-electron chi connectivity index (χ1n) is 13.1. The zero-order chi connectivity index (χ0) is 23.1. The van der Waals surface area contributed by atoms with Gasteiger partial charge in [-0.1, -0.05) is 18.6 Å². The maximum atomic E-state index is 14.0. The molecule has 3 aliphatic rings. The molecule has 2 N–H and O–H groups in total. The number of aromatic nitrogens is 3. The molecule has 0 amide bonds. The Morgan fingerprint density at radius 1 is 0.971 bits per heavy atom. The molecule has 0 spiro atoms. The van der Waals surface area contributed by atoms with Crippen molar-refractivity contribution in [3.63, 3.8) is 0 Å². The molecule has 2 aromatic heterocycles. The molecule has 0 unspecified atom stereocenters. The SMILES string of the molecule is O=c1c2cc(CN3CCCCC3)ccc2c2cnc(NCC3CC3)nc2n1C1CCC(O)CC1. The molecule has 0 atom stereocenters. The summed E-state index contributed by atoms with van der Waals surface area (Å²) in [5, 5.41) is 16.1. The number of piperidine rings is 1. The standard InChI is InChI=1S/C27H35N5O2/c33-21-9-7-20(8-10-21)32-25-24(16-29-27(30-25)28-15-18-4-5-18)22-11-6-19(14-23(22)26(32)34)17-31-12-2-1-3-13-31/h6,11,14,16,18,20-21,33H,1-5,7-10,12-13,15,17H2,(H,28,29,30). The van der Waals surface area contributed by atoms with Gasteiger partial charge >= 0.3 is 0 Å². The number of anilines is 1. The summed E-state index contributed by atoms with van der Waals surface area (Å²) in [4.78, 5) is 25.9. The lowest BCUT2D eigenvalue weighted by atomic mass is 9.92. The summed E-state index contributed by atoms with van der Waals surface area (Å²) in [7, 11) is 0. The van der Waals surface area contributed by atoms with E-state index in [1.807, 2.05) is 10.8 Å². The monoisotopic (exact) mass is 461 g/mol. The maximum Gasteiger partial charge on any atom is 0.260 e. The molecule has 2 aliphatic carbocycles. The summed E-state index contributed by atoms with van der Waals surface area (Å²) in [6.07, 6.45) is 11.0. The molecule has 0 radical (unpaired) electrons. The van der Waals surface area contributed by atoms with Crippen molar-refractivity contribution in [3.05, 3.63) is 40.3 Å². The highest BCUT2D eigenvalue weighted by Crippen LogP contribution is 2.33. The number of rotatable bonds is 6. The van der Waals surface area contributed by atoms with Gasteiger partial charge in [0.05, 0.1) is 6.10 Å². The number of nitrogens with one attached hydrogen (secondary N) is 1. The van der Waals surface area contributed by atoms with E-state index in [4.69, 9.17) is 4.98 Å². The summed E-state index contributed by atoms with van der Waals surface area (Å²) in [5.74, 6) is 1.32. The second kappa shape index (κ2) is 9.27.